The Morgan fingerprint density at radius 1 is 1.43 bits per heavy atom. The maximum Gasteiger partial charge on any atom is 0.416 e. The molecule has 21 heavy (non-hydrogen) atoms. The smallest absolute Gasteiger partial charge is 0.416 e. The summed E-state index contributed by atoms with van der Waals surface area (Å²) in [7, 11) is 1.36. The van der Waals surface area contributed by atoms with E-state index in [1.807, 2.05) is 0 Å². The summed E-state index contributed by atoms with van der Waals surface area (Å²) in [4.78, 5) is 35.2. The molecule has 1 aromatic carbocycles. The van der Waals surface area contributed by atoms with E-state index in [2.05, 4.69) is 9.47 Å². The number of esters is 1. The molecule has 2 rings (SSSR count). The van der Waals surface area contributed by atoms with Crippen molar-refractivity contribution in [2.45, 2.75) is 0 Å². The Balaban J connectivity index is 1.95. The monoisotopic (exact) mass is 297 g/mol. The van der Waals surface area contributed by atoms with Crippen molar-refractivity contribution < 1.29 is 33.0 Å². The lowest BCUT2D eigenvalue weighted by atomic mass is 10.2. The first kappa shape index (κ1) is 14.8. The van der Waals surface area contributed by atoms with Gasteiger partial charge in [0.1, 0.15) is 18.2 Å². The number of carbonyl (C=O) groups is 3. The summed E-state index contributed by atoms with van der Waals surface area (Å²) >= 11 is 0. The molecule has 1 saturated heterocycles. The Kier molecular flexibility index (Phi) is 4.36. The average Bonchev–Trinajstić information content (AvgIpc) is 2.90. The quantitative estimate of drug-likeness (QED) is 0.770. The minimum Gasteiger partial charge on any atom is -0.497 e. The second-order valence-electron chi connectivity index (χ2n) is 4.08. The fourth-order valence-electron chi connectivity index (χ4n) is 1.69. The van der Waals surface area contributed by atoms with E-state index in [1.165, 1.54) is 19.2 Å². The number of cyclic esters (lactones) is 1. The van der Waals surface area contributed by atoms with Crippen molar-refractivity contribution in [3.8, 4) is 5.75 Å². The first-order chi connectivity index (χ1) is 10.0. The summed E-state index contributed by atoms with van der Waals surface area (Å²) in [5, 5.41) is 0. The van der Waals surface area contributed by atoms with Gasteiger partial charge in [-0.05, 0) is 12.1 Å². The molecule has 0 aliphatic carbocycles. The number of rotatable bonds is 4. The molecule has 0 aromatic heterocycles. The van der Waals surface area contributed by atoms with Crippen LogP contribution in [0.4, 0.5) is 9.18 Å². The largest absolute Gasteiger partial charge is 0.497 e. The number of amides is 2. The molecule has 1 aliphatic rings. The molecule has 8 heteroatoms. The Morgan fingerprint density at radius 3 is 2.76 bits per heavy atom. The van der Waals surface area contributed by atoms with Crippen LogP contribution in [-0.2, 0) is 14.3 Å². The van der Waals surface area contributed by atoms with Crippen molar-refractivity contribution in [3.63, 3.8) is 0 Å². The van der Waals surface area contributed by atoms with Crippen LogP contribution in [0.1, 0.15) is 10.4 Å². The zero-order valence-electron chi connectivity index (χ0n) is 11.1. The molecule has 1 heterocycles. The molecule has 0 radical (unpaired) electrons. The number of hydrogen-bond donors (Lipinski definition) is 0. The summed E-state index contributed by atoms with van der Waals surface area (Å²) < 4.78 is 27.7. The van der Waals surface area contributed by atoms with Crippen molar-refractivity contribution >= 4 is 18.0 Å². The molecule has 0 N–H and O–H groups in total. The van der Waals surface area contributed by atoms with E-state index in [-0.39, 0.29) is 24.5 Å². The average molecular weight is 297 g/mol. The number of carbonyl (C=O) groups excluding carboxylic acids is 3. The van der Waals surface area contributed by atoms with E-state index in [9.17, 15) is 18.8 Å². The SMILES string of the molecule is COc1ccc(C(=O)OCC(=O)N2CCOC2=O)c(F)c1. The predicted molar refractivity (Wildman–Crippen MR) is 66.3 cm³/mol. The van der Waals surface area contributed by atoms with E-state index in [0.717, 1.165) is 11.0 Å². The van der Waals surface area contributed by atoms with Gasteiger partial charge in [0.15, 0.2) is 6.61 Å². The van der Waals surface area contributed by atoms with Gasteiger partial charge in [-0.25, -0.2) is 18.9 Å². The van der Waals surface area contributed by atoms with E-state index < -0.39 is 30.4 Å². The summed E-state index contributed by atoms with van der Waals surface area (Å²) in [5.41, 5.74) is -0.326. The van der Waals surface area contributed by atoms with E-state index in [4.69, 9.17) is 4.74 Å². The summed E-state index contributed by atoms with van der Waals surface area (Å²) in [6.45, 7) is -0.461. The van der Waals surface area contributed by atoms with Crippen LogP contribution in [0.2, 0.25) is 0 Å². The lowest BCUT2D eigenvalue weighted by Gasteiger charge is -2.11. The van der Waals surface area contributed by atoms with Gasteiger partial charge in [-0.1, -0.05) is 0 Å². The highest BCUT2D eigenvalue weighted by Crippen LogP contribution is 2.17. The molecule has 0 spiro atoms. The Labute approximate surface area is 119 Å². The minimum absolute atomic E-state index is 0.103. The second kappa shape index (κ2) is 6.21. The number of benzene rings is 1. The first-order valence-electron chi connectivity index (χ1n) is 6.00. The molecule has 0 atom stereocenters. The summed E-state index contributed by atoms with van der Waals surface area (Å²) in [6, 6.07) is 3.60. The first-order valence-corrected chi connectivity index (χ1v) is 6.00. The zero-order chi connectivity index (χ0) is 15.4. The third-order valence-corrected chi connectivity index (χ3v) is 2.78. The van der Waals surface area contributed by atoms with Gasteiger partial charge in [0, 0.05) is 6.07 Å². The molecule has 1 fully saturated rings. The molecule has 0 unspecified atom stereocenters. The van der Waals surface area contributed by atoms with Crippen LogP contribution in [-0.4, -0.2) is 49.7 Å². The van der Waals surface area contributed by atoms with Crippen molar-refractivity contribution in [2.75, 3.05) is 26.9 Å². The fraction of sp³-hybridized carbons (Fsp3) is 0.308. The van der Waals surface area contributed by atoms with Crippen LogP contribution in [0.5, 0.6) is 5.75 Å². The maximum absolute atomic E-state index is 13.6. The van der Waals surface area contributed by atoms with Crippen molar-refractivity contribution in [1.82, 2.24) is 4.90 Å². The van der Waals surface area contributed by atoms with Crippen molar-refractivity contribution in [1.29, 1.82) is 0 Å². The molecule has 2 amide bonds. The minimum atomic E-state index is -1.00. The number of imide groups is 1. The highest BCUT2D eigenvalue weighted by Gasteiger charge is 2.29. The van der Waals surface area contributed by atoms with Gasteiger partial charge in [-0.2, -0.15) is 0 Å². The fourth-order valence-corrected chi connectivity index (χ4v) is 1.69. The van der Waals surface area contributed by atoms with Gasteiger partial charge in [0.05, 0.1) is 19.2 Å². The van der Waals surface area contributed by atoms with Crippen molar-refractivity contribution in [2.24, 2.45) is 0 Å². The number of ether oxygens (including phenoxy) is 3. The van der Waals surface area contributed by atoms with Crippen LogP contribution in [0.3, 0.4) is 0 Å². The molecular weight excluding hydrogens is 285 g/mol. The normalized spacial score (nSPS) is 13.8. The van der Waals surface area contributed by atoms with E-state index >= 15 is 0 Å². The Morgan fingerprint density at radius 2 is 2.19 bits per heavy atom. The third-order valence-electron chi connectivity index (χ3n) is 2.78. The zero-order valence-corrected chi connectivity index (χ0v) is 11.1. The predicted octanol–water partition coefficient (Wildman–Crippen LogP) is 0.970. The standard InChI is InChI=1S/C13H12FNO6/c1-19-8-2-3-9(10(14)6-8)12(17)21-7-11(16)15-4-5-20-13(15)18/h2-3,6H,4-5,7H2,1H3. The third kappa shape index (κ3) is 3.28. The highest BCUT2D eigenvalue weighted by molar-refractivity contribution is 5.96. The summed E-state index contributed by atoms with van der Waals surface area (Å²) in [6.07, 6.45) is -0.785. The number of hydrogen-bond acceptors (Lipinski definition) is 6. The van der Waals surface area contributed by atoms with Gasteiger partial charge < -0.3 is 14.2 Å². The van der Waals surface area contributed by atoms with Gasteiger partial charge in [-0.3, -0.25) is 4.79 Å². The topological polar surface area (TPSA) is 82.1 Å². The Hall–Kier alpha value is -2.64. The lowest BCUT2D eigenvalue weighted by molar-refractivity contribution is -0.131. The van der Waals surface area contributed by atoms with Gasteiger partial charge in [0.25, 0.3) is 5.91 Å². The molecule has 112 valence electrons. The van der Waals surface area contributed by atoms with Crippen molar-refractivity contribution in [3.05, 3.63) is 29.6 Å². The lowest BCUT2D eigenvalue weighted by Crippen LogP contribution is -2.35. The molecule has 1 aromatic rings. The number of methoxy groups -OCH3 is 1. The molecule has 0 saturated carbocycles. The van der Waals surface area contributed by atoms with Crippen LogP contribution < -0.4 is 4.74 Å². The summed E-state index contributed by atoms with van der Waals surface area (Å²) in [5.74, 6) is -2.30. The highest BCUT2D eigenvalue weighted by atomic mass is 19.1. The second-order valence-corrected chi connectivity index (χ2v) is 4.08. The van der Waals surface area contributed by atoms with Crippen LogP contribution >= 0.6 is 0 Å². The maximum atomic E-state index is 13.6. The molecular formula is C13H12FNO6. The van der Waals surface area contributed by atoms with Crippen LogP contribution in [0.15, 0.2) is 18.2 Å². The molecule has 0 bridgehead atoms. The van der Waals surface area contributed by atoms with Crippen LogP contribution in [0, 0.1) is 5.82 Å². The molecule has 1 aliphatic heterocycles. The number of nitrogens with zero attached hydrogens (tertiary/aromatic N) is 1. The Bertz CT molecular complexity index is 588. The van der Waals surface area contributed by atoms with E-state index in [0.29, 0.717) is 0 Å². The van der Waals surface area contributed by atoms with Crippen LogP contribution in [0.25, 0.3) is 0 Å². The molecule has 7 nitrogen and oxygen atoms in total. The number of halogens is 1. The van der Waals surface area contributed by atoms with Gasteiger partial charge in [0.2, 0.25) is 0 Å². The van der Waals surface area contributed by atoms with Gasteiger partial charge in [-0.15, -0.1) is 0 Å². The van der Waals surface area contributed by atoms with E-state index in [1.54, 1.807) is 0 Å². The van der Waals surface area contributed by atoms with Gasteiger partial charge >= 0.3 is 12.1 Å².